The van der Waals surface area contributed by atoms with Gasteiger partial charge < -0.3 is 0 Å². The molecular weight excluding hydrogens is 268 g/mol. The lowest BCUT2D eigenvalue weighted by atomic mass is 10.00. The van der Waals surface area contributed by atoms with Crippen molar-refractivity contribution >= 4 is 21.6 Å². The Bertz CT molecular complexity index is 822. The molecule has 0 aliphatic rings. The van der Waals surface area contributed by atoms with Crippen molar-refractivity contribution in [1.29, 1.82) is 0 Å². The summed E-state index contributed by atoms with van der Waals surface area (Å²) in [6.45, 7) is 6.86. The summed E-state index contributed by atoms with van der Waals surface area (Å²) in [5.74, 6) is 0. The predicted octanol–water partition coefficient (Wildman–Crippen LogP) is 3.43. The fourth-order valence-electron chi connectivity index (χ4n) is 2.62. The molecule has 0 atom stereocenters. The van der Waals surface area contributed by atoms with Crippen molar-refractivity contribution in [2.24, 2.45) is 0 Å². The highest BCUT2D eigenvalue weighted by Gasteiger charge is 2.09. The summed E-state index contributed by atoms with van der Waals surface area (Å²) >= 11 is 1.45. The summed E-state index contributed by atoms with van der Waals surface area (Å²) in [5, 5.41) is 1.91. The fourth-order valence-corrected chi connectivity index (χ4v) is 3.41. The van der Waals surface area contributed by atoms with E-state index in [0.717, 1.165) is 10.2 Å². The molecule has 0 saturated heterocycles. The first-order valence-electron chi connectivity index (χ1n) is 6.55. The van der Waals surface area contributed by atoms with Crippen molar-refractivity contribution in [1.82, 2.24) is 9.55 Å². The average molecular weight is 284 g/mol. The van der Waals surface area contributed by atoms with Gasteiger partial charge in [-0.3, -0.25) is 9.36 Å². The van der Waals surface area contributed by atoms with Gasteiger partial charge in [0.2, 0.25) is 0 Å². The molecule has 2 aromatic heterocycles. The van der Waals surface area contributed by atoms with Crippen LogP contribution in [0.4, 0.5) is 0 Å². The number of fused-ring (bicyclic) bond motifs is 1. The van der Waals surface area contributed by atoms with E-state index in [0.29, 0.717) is 6.54 Å². The second-order valence-corrected chi connectivity index (χ2v) is 6.11. The lowest BCUT2D eigenvalue weighted by Gasteiger charge is -2.12. The summed E-state index contributed by atoms with van der Waals surface area (Å²) < 4.78 is 2.43. The molecule has 0 spiro atoms. The van der Waals surface area contributed by atoms with Crippen molar-refractivity contribution in [3.63, 3.8) is 0 Å². The van der Waals surface area contributed by atoms with Gasteiger partial charge in [0.1, 0.15) is 4.70 Å². The van der Waals surface area contributed by atoms with E-state index < -0.39 is 0 Å². The highest BCUT2D eigenvalue weighted by atomic mass is 32.1. The molecule has 2 heterocycles. The molecule has 3 rings (SSSR count). The normalized spacial score (nSPS) is 11.2. The van der Waals surface area contributed by atoms with Gasteiger partial charge in [-0.15, -0.1) is 11.3 Å². The number of hydrogen-bond donors (Lipinski definition) is 0. The Morgan fingerprint density at radius 2 is 1.90 bits per heavy atom. The van der Waals surface area contributed by atoms with Gasteiger partial charge in [-0.1, -0.05) is 17.7 Å². The van der Waals surface area contributed by atoms with Crippen molar-refractivity contribution in [2.75, 3.05) is 0 Å². The van der Waals surface area contributed by atoms with E-state index in [9.17, 15) is 4.79 Å². The van der Waals surface area contributed by atoms with Crippen LogP contribution in [0.25, 0.3) is 10.2 Å². The molecule has 3 aromatic rings. The third-order valence-electron chi connectivity index (χ3n) is 3.60. The maximum Gasteiger partial charge on any atom is 0.271 e. The summed E-state index contributed by atoms with van der Waals surface area (Å²) in [5.41, 5.74) is 5.73. The van der Waals surface area contributed by atoms with Gasteiger partial charge in [-0.05, 0) is 48.9 Å². The number of hydrogen-bond acceptors (Lipinski definition) is 3. The number of aromatic nitrogens is 2. The molecule has 1 aromatic carbocycles. The topological polar surface area (TPSA) is 34.9 Å². The molecule has 0 aliphatic carbocycles. The Morgan fingerprint density at radius 3 is 2.60 bits per heavy atom. The quantitative estimate of drug-likeness (QED) is 0.722. The lowest BCUT2D eigenvalue weighted by molar-refractivity contribution is 0.741. The smallest absolute Gasteiger partial charge is 0.271 e. The minimum absolute atomic E-state index is 0.0457. The summed E-state index contributed by atoms with van der Waals surface area (Å²) in [7, 11) is 0. The third kappa shape index (κ3) is 2.16. The highest BCUT2D eigenvalue weighted by Crippen LogP contribution is 2.18. The van der Waals surface area contributed by atoms with E-state index in [1.165, 1.54) is 33.6 Å². The predicted molar refractivity (Wildman–Crippen MR) is 83.6 cm³/mol. The summed E-state index contributed by atoms with van der Waals surface area (Å²) in [6, 6.07) is 6.20. The van der Waals surface area contributed by atoms with Crippen LogP contribution >= 0.6 is 11.3 Å². The molecule has 3 nitrogen and oxygen atoms in total. The maximum absolute atomic E-state index is 12.4. The van der Waals surface area contributed by atoms with Gasteiger partial charge in [-0.25, -0.2) is 4.98 Å². The van der Waals surface area contributed by atoms with E-state index in [2.05, 4.69) is 37.9 Å². The first-order valence-corrected chi connectivity index (χ1v) is 7.43. The van der Waals surface area contributed by atoms with Crippen LogP contribution in [0.1, 0.15) is 22.3 Å². The molecule has 0 fully saturated rings. The molecule has 0 N–H and O–H groups in total. The first-order chi connectivity index (χ1) is 9.56. The molecule has 0 unspecified atom stereocenters. The molecular formula is C16H16N2OS. The average Bonchev–Trinajstić information content (AvgIpc) is 2.85. The molecule has 4 heteroatoms. The Labute approximate surface area is 121 Å². The Morgan fingerprint density at radius 1 is 1.20 bits per heavy atom. The molecule has 0 amide bonds. The van der Waals surface area contributed by atoms with Gasteiger partial charge in [0.15, 0.2) is 0 Å². The standard InChI is InChI=1S/C16H16N2OS/c1-10-6-11(2)13(12(3)7-10)8-18-9-17-14-4-5-20-15(14)16(18)19/h4-7,9H,8H2,1-3H3. The first kappa shape index (κ1) is 13.1. The molecule has 0 radical (unpaired) electrons. The van der Waals surface area contributed by atoms with Crippen LogP contribution in [0, 0.1) is 20.8 Å². The second-order valence-electron chi connectivity index (χ2n) is 5.19. The van der Waals surface area contributed by atoms with E-state index >= 15 is 0 Å². The van der Waals surface area contributed by atoms with E-state index in [1.54, 1.807) is 10.9 Å². The number of nitrogens with zero attached hydrogens (tertiary/aromatic N) is 2. The van der Waals surface area contributed by atoms with Crippen LogP contribution in [-0.2, 0) is 6.54 Å². The zero-order chi connectivity index (χ0) is 14.3. The van der Waals surface area contributed by atoms with Gasteiger partial charge in [0.25, 0.3) is 5.56 Å². The fraction of sp³-hybridized carbons (Fsp3) is 0.250. The highest BCUT2D eigenvalue weighted by molar-refractivity contribution is 7.17. The SMILES string of the molecule is Cc1cc(C)c(Cn2cnc3ccsc3c2=O)c(C)c1. The molecule has 0 bridgehead atoms. The molecule has 0 aliphatic heterocycles. The van der Waals surface area contributed by atoms with E-state index in [4.69, 9.17) is 0 Å². The number of aryl methyl sites for hydroxylation is 3. The van der Waals surface area contributed by atoms with Crippen molar-refractivity contribution in [3.8, 4) is 0 Å². The van der Waals surface area contributed by atoms with Gasteiger partial charge in [0.05, 0.1) is 18.4 Å². The van der Waals surface area contributed by atoms with Crippen molar-refractivity contribution in [2.45, 2.75) is 27.3 Å². The van der Waals surface area contributed by atoms with Crippen molar-refractivity contribution in [3.05, 3.63) is 62.5 Å². The number of benzene rings is 1. The second kappa shape index (κ2) is 4.87. The van der Waals surface area contributed by atoms with Crippen LogP contribution in [-0.4, -0.2) is 9.55 Å². The minimum Gasteiger partial charge on any atom is -0.294 e. The monoisotopic (exact) mass is 284 g/mol. The van der Waals surface area contributed by atoms with Crippen LogP contribution in [0.5, 0.6) is 0 Å². The van der Waals surface area contributed by atoms with Crippen LogP contribution in [0.15, 0.2) is 34.7 Å². The number of thiophene rings is 1. The third-order valence-corrected chi connectivity index (χ3v) is 4.50. The summed E-state index contributed by atoms with van der Waals surface area (Å²) in [4.78, 5) is 16.8. The Balaban J connectivity index is 2.10. The largest absolute Gasteiger partial charge is 0.294 e. The zero-order valence-corrected chi connectivity index (χ0v) is 12.6. The molecule has 0 saturated carbocycles. The lowest BCUT2D eigenvalue weighted by Crippen LogP contribution is -2.21. The molecule has 20 heavy (non-hydrogen) atoms. The summed E-state index contributed by atoms with van der Waals surface area (Å²) in [6.07, 6.45) is 1.65. The zero-order valence-electron chi connectivity index (χ0n) is 11.8. The van der Waals surface area contributed by atoms with E-state index in [1.807, 2.05) is 11.4 Å². The van der Waals surface area contributed by atoms with Gasteiger partial charge in [0, 0.05) is 0 Å². The number of rotatable bonds is 2. The Hall–Kier alpha value is -1.94. The minimum atomic E-state index is 0.0457. The van der Waals surface area contributed by atoms with Gasteiger partial charge >= 0.3 is 0 Å². The Kier molecular flexibility index (Phi) is 3.18. The van der Waals surface area contributed by atoms with Gasteiger partial charge in [-0.2, -0.15) is 0 Å². The van der Waals surface area contributed by atoms with E-state index in [-0.39, 0.29) is 5.56 Å². The maximum atomic E-state index is 12.4. The van der Waals surface area contributed by atoms with Crippen LogP contribution < -0.4 is 5.56 Å². The van der Waals surface area contributed by atoms with Crippen molar-refractivity contribution < 1.29 is 0 Å². The molecule has 102 valence electrons. The van der Waals surface area contributed by atoms with Crippen LogP contribution in [0.3, 0.4) is 0 Å². The van der Waals surface area contributed by atoms with Crippen LogP contribution in [0.2, 0.25) is 0 Å².